The van der Waals surface area contributed by atoms with Gasteiger partial charge in [0, 0.05) is 18.6 Å². The molecule has 0 spiro atoms. The van der Waals surface area contributed by atoms with Gasteiger partial charge in [-0.3, -0.25) is 0 Å². The van der Waals surface area contributed by atoms with Crippen LogP contribution >= 0.6 is 0 Å². The number of carbonyl (C=O) groups excluding carboxylic acids is 1. The van der Waals surface area contributed by atoms with Gasteiger partial charge in [0.05, 0.1) is 0 Å². The van der Waals surface area contributed by atoms with Gasteiger partial charge in [-0.1, -0.05) is 0 Å². The van der Waals surface area contributed by atoms with Crippen LogP contribution in [0.4, 0.5) is 4.79 Å². The number of nitrogens with zero attached hydrogens (tertiary/aromatic N) is 1. The van der Waals surface area contributed by atoms with Crippen molar-refractivity contribution >= 4 is 6.09 Å². The van der Waals surface area contributed by atoms with Gasteiger partial charge in [0.2, 0.25) is 0 Å². The molecule has 3 unspecified atom stereocenters. The van der Waals surface area contributed by atoms with E-state index in [0.29, 0.717) is 6.04 Å². The number of amides is 1. The first-order valence-electron chi connectivity index (χ1n) is 6.55. The van der Waals surface area contributed by atoms with Crippen molar-refractivity contribution in [2.24, 2.45) is 5.92 Å². The predicted molar refractivity (Wildman–Crippen MR) is 66.9 cm³/mol. The average Bonchev–Trinajstić information content (AvgIpc) is 2.14. The molecule has 2 heterocycles. The minimum Gasteiger partial charge on any atom is -0.444 e. The first-order chi connectivity index (χ1) is 7.85. The molecule has 3 atom stereocenters. The maximum Gasteiger partial charge on any atom is 0.407 e. The van der Waals surface area contributed by atoms with Crippen molar-refractivity contribution in [2.45, 2.75) is 57.7 Å². The maximum atomic E-state index is 11.8. The molecule has 0 aromatic heterocycles. The van der Waals surface area contributed by atoms with Crippen LogP contribution in [0.25, 0.3) is 0 Å². The predicted octanol–water partition coefficient (Wildman–Crippen LogP) is 1.99. The SMILES string of the molecule is CN1CC2CCC1C(NC(=O)OC(C)(C)C)C2. The lowest BCUT2D eigenvalue weighted by molar-refractivity contribution is 0.0196. The molecule has 98 valence electrons. The Morgan fingerprint density at radius 2 is 2.06 bits per heavy atom. The van der Waals surface area contributed by atoms with Crippen molar-refractivity contribution in [1.29, 1.82) is 0 Å². The zero-order chi connectivity index (χ0) is 12.6. The van der Waals surface area contributed by atoms with Crippen LogP contribution in [0.5, 0.6) is 0 Å². The number of hydrogen-bond acceptors (Lipinski definition) is 3. The molecule has 2 saturated heterocycles. The third-order valence-electron chi connectivity index (χ3n) is 3.74. The number of hydrogen-bond donors (Lipinski definition) is 1. The van der Waals surface area contributed by atoms with Gasteiger partial charge >= 0.3 is 6.09 Å². The lowest BCUT2D eigenvalue weighted by Crippen LogP contribution is -2.60. The number of nitrogens with one attached hydrogen (secondary N) is 1. The zero-order valence-electron chi connectivity index (χ0n) is 11.3. The van der Waals surface area contributed by atoms with Crippen LogP contribution in [0.15, 0.2) is 0 Å². The number of alkyl carbamates (subject to hydrolysis) is 1. The number of piperidine rings is 2. The Morgan fingerprint density at radius 3 is 2.59 bits per heavy atom. The summed E-state index contributed by atoms with van der Waals surface area (Å²) in [5.74, 6) is 0.741. The Balaban J connectivity index is 1.89. The van der Waals surface area contributed by atoms with Crippen molar-refractivity contribution in [3.63, 3.8) is 0 Å². The van der Waals surface area contributed by atoms with E-state index >= 15 is 0 Å². The molecule has 3 rings (SSSR count). The van der Waals surface area contributed by atoms with Crippen LogP contribution in [0.1, 0.15) is 40.0 Å². The quantitative estimate of drug-likeness (QED) is 0.762. The van der Waals surface area contributed by atoms with E-state index < -0.39 is 5.60 Å². The molecule has 1 N–H and O–H groups in total. The highest BCUT2D eigenvalue weighted by atomic mass is 16.6. The summed E-state index contributed by atoms with van der Waals surface area (Å²) in [5, 5.41) is 3.03. The van der Waals surface area contributed by atoms with E-state index in [1.807, 2.05) is 20.8 Å². The molecule has 2 bridgehead atoms. The molecule has 4 nitrogen and oxygen atoms in total. The van der Waals surface area contributed by atoms with E-state index in [1.165, 1.54) is 19.4 Å². The molecular weight excluding hydrogens is 216 g/mol. The van der Waals surface area contributed by atoms with Gasteiger partial charge < -0.3 is 15.0 Å². The van der Waals surface area contributed by atoms with Gasteiger partial charge in [-0.2, -0.15) is 0 Å². The van der Waals surface area contributed by atoms with E-state index in [2.05, 4.69) is 17.3 Å². The summed E-state index contributed by atoms with van der Waals surface area (Å²) in [7, 11) is 2.15. The molecule has 3 fully saturated rings. The molecule has 1 saturated carbocycles. The van der Waals surface area contributed by atoms with Crippen molar-refractivity contribution in [1.82, 2.24) is 10.2 Å². The average molecular weight is 240 g/mol. The van der Waals surface area contributed by atoms with Crippen molar-refractivity contribution in [3.05, 3.63) is 0 Å². The van der Waals surface area contributed by atoms with Crippen LogP contribution in [0.2, 0.25) is 0 Å². The second-order valence-corrected chi connectivity index (χ2v) is 6.44. The molecule has 4 heteroatoms. The molecule has 1 amide bonds. The molecular formula is C13H24N2O2. The largest absolute Gasteiger partial charge is 0.444 e. The van der Waals surface area contributed by atoms with E-state index in [0.717, 1.165) is 12.3 Å². The molecule has 2 aliphatic heterocycles. The van der Waals surface area contributed by atoms with Gasteiger partial charge in [0.1, 0.15) is 5.60 Å². The van der Waals surface area contributed by atoms with E-state index in [4.69, 9.17) is 4.74 Å². The Hall–Kier alpha value is -0.770. The van der Waals surface area contributed by atoms with E-state index in [-0.39, 0.29) is 12.1 Å². The van der Waals surface area contributed by atoms with Crippen molar-refractivity contribution in [3.8, 4) is 0 Å². The first kappa shape index (κ1) is 12.7. The molecule has 1 aliphatic carbocycles. The third kappa shape index (κ3) is 3.12. The number of ether oxygens (including phenoxy) is 1. The lowest BCUT2D eigenvalue weighted by atomic mass is 9.77. The lowest BCUT2D eigenvalue weighted by Gasteiger charge is -2.48. The number of fused-ring (bicyclic) bond motifs is 3. The second kappa shape index (κ2) is 4.48. The zero-order valence-corrected chi connectivity index (χ0v) is 11.3. The first-order valence-corrected chi connectivity index (χ1v) is 6.55. The maximum absolute atomic E-state index is 11.8. The highest BCUT2D eigenvalue weighted by molar-refractivity contribution is 5.68. The summed E-state index contributed by atoms with van der Waals surface area (Å²) in [4.78, 5) is 14.1. The minimum absolute atomic E-state index is 0.266. The highest BCUT2D eigenvalue weighted by Gasteiger charge is 2.40. The normalized spacial score (nSPS) is 33.5. The summed E-state index contributed by atoms with van der Waals surface area (Å²) >= 11 is 0. The van der Waals surface area contributed by atoms with Gasteiger partial charge in [0.25, 0.3) is 0 Å². The summed E-state index contributed by atoms with van der Waals surface area (Å²) < 4.78 is 5.31. The Kier molecular flexibility index (Phi) is 3.34. The van der Waals surface area contributed by atoms with E-state index in [1.54, 1.807) is 0 Å². The summed E-state index contributed by atoms with van der Waals surface area (Å²) in [6.07, 6.45) is 3.33. The molecule has 17 heavy (non-hydrogen) atoms. The highest BCUT2D eigenvalue weighted by Crippen LogP contribution is 2.34. The summed E-state index contributed by atoms with van der Waals surface area (Å²) in [6, 6.07) is 0.759. The second-order valence-electron chi connectivity index (χ2n) is 6.44. The fourth-order valence-corrected chi connectivity index (χ4v) is 3.09. The summed E-state index contributed by atoms with van der Waals surface area (Å²) in [5.41, 5.74) is -0.413. The topological polar surface area (TPSA) is 41.6 Å². The van der Waals surface area contributed by atoms with Gasteiger partial charge in [-0.15, -0.1) is 0 Å². The van der Waals surface area contributed by atoms with Crippen molar-refractivity contribution < 1.29 is 9.53 Å². The summed E-state index contributed by atoms with van der Waals surface area (Å²) in [6.45, 7) is 6.86. The molecule has 0 aromatic carbocycles. The fraction of sp³-hybridized carbons (Fsp3) is 0.923. The van der Waals surface area contributed by atoms with Crippen molar-refractivity contribution in [2.75, 3.05) is 13.6 Å². The van der Waals surface area contributed by atoms with Gasteiger partial charge in [-0.25, -0.2) is 4.79 Å². The van der Waals surface area contributed by atoms with Crippen LogP contribution < -0.4 is 5.32 Å². The van der Waals surface area contributed by atoms with Crippen LogP contribution in [0, 0.1) is 5.92 Å². The van der Waals surface area contributed by atoms with Crippen LogP contribution in [-0.4, -0.2) is 42.3 Å². The van der Waals surface area contributed by atoms with Crippen LogP contribution in [-0.2, 0) is 4.74 Å². The van der Waals surface area contributed by atoms with Gasteiger partial charge in [0.15, 0.2) is 0 Å². The standard InChI is InChI=1S/C13H24N2O2/c1-13(2,3)17-12(16)14-10-7-9-5-6-11(10)15(4)8-9/h9-11H,5-8H2,1-4H3,(H,14,16). The monoisotopic (exact) mass is 240 g/mol. The molecule has 0 aromatic rings. The Bertz CT molecular complexity index is 298. The van der Waals surface area contributed by atoms with E-state index in [9.17, 15) is 4.79 Å². The number of rotatable bonds is 1. The smallest absolute Gasteiger partial charge is 0.407 e. The fourth-order valence-electron chi connectivity index (χ4n) is 3.09. The number of carbonyl (C=O) groups is 1. The minimum atomic E-state index is -0.413. The third-order valence-corrected chi connectivity index (χ3v) is 3.74. The Labute approximate surface area is 104 Å². The van der Waals surface area contributed by atoms with Gasteiger partial charge in [-0.05, 0) is 53.0 Å². The van der Waals surface area contributed by atoms with Crippen LogP contribution in [0.3, 0.4) is 0 Å². The molecule has 3 aliphatic rings. The molecule has 0 radical (unpaired) electrons. The number of likely N-dealkylation sites (N-methyl/N-ethyl adjacent to an activating group) is 1. The Morgan fingerprint density at radius 1 is 1.35 bits per heavy atom.